The third kappa shape index (κ3) is 4.23. The fraction of sp³-hybridized carbons (Fsp3) is 0.533. The average Bonchev–Trinajstić information content (AvgIpc) is 2.46. The standard InChI is InChI=1S/C15H19NO3/c1-12(19-15-8-4-5-9-17-15)11-18-14-7-3-2-6-13(14)10-16/h2-3,6-7,12,15H,4-5,8-9,11H2,1H3/t12-,15?/m0/s1. The number of hydrogen-bond donors (Lipinski definition) is 0. The van der Waals surface area contributed by atoms with Crippen molar-refractivity contribution in [1.82, 2.24) is 0 Å². The van der Waals surface area contributed by atoms with E-state index in [0.717, 1.165) is 25.9 Å². The van der Waals surface area contributed by atoms with Crippen molar-refractivity contribution in [2.45, 2.75) is 38.6 Å². The Kier molecular flexibility index (Phi) is 5.20. The van der Waals surface area contributed by atoms with E-state index in [0.29, 0.717) is 17.9 Å². The normalized spacial score (nSPS) is 20.5. The molecule has 1 aromatic carbocycles. The highest BCUT2D eigenvalue weighted by atomic mass is 16.7. The Balaban J connectivity index is 1.79. The summed E-state index contributed by atoms with van der Waals surface area (Å²) in [6.07, 6.45) is 3.03. The third-order valence-corrected chi connectivity index (χ3v) is 3.00. The highest BCUT2D eigenvalue weighted by Gasteiger charge is 2.17. The van der Waals surface area contributed by atoms with Gasteiger partial charge in [0.15, 0.2) is 6.29 Å². The summed E-state index contributed by atoms with van der Waals surface area (Å²) in [7, 11) is 0. The first-order valence-corrected chi connectivity index (χ1v) is 6.68. The second-order valence-corrected chi connectivity index (χ2v) is 4.66. The molecule has 0 N–H and O–H groups in total. The summed E-state index contributed by atoms with van der Waals surface area (Å²) in [6.45, 7) is 3.14. The molecule has 2 atom stereocenters. The Labute approximate surface area is 113 Å². The molecule has 1 aliphatic heterocycles. The molecule has 4 nitrogen and oxygen atoms in total. The van der Waals surface area contributed by atoms with Crippen LogP contribution >= 0.6 is 0 Å². The van der Waals surface area contributed by atoms with E-state index in [1.807, 2.05) is 19.1 Å². The van der Waals surface area contributed by atoms with Crippen LogP contribution in [0.2, 0.25) is 0 Å². The second kappa shape index (κ2) is 7.13. The fourth-order valence-electron chi connectivity index (χ4n) is 2.01. The van der Waals surface area contributed by atoms with Crippen molar-refractivity contribution >= 4 is 0 Å². The Hall–Kier alpha value is -1.57. The number of nitrogens with zero attached hydrogens (tertiary/aromatic N) is 1. The molecule has 0 saturated carbocycles. The van der Waals surface area contributed by atoms with Gasteiger partial charge in [-0.05, 0) is 38.3 Å². The lowest BCUT2D eigenvalue weighted by atomic mass is 10.2. The van der Waals surface area contributed by atoms with Gasteiger partial charge in [-0.3, -0.25) is 0 Å². The molecule has 0 radical (unpaired) electrons. The fourth-order valence-corrected chi connectivity index (χ4v) is 2.01. The molecule has 0 spiro atoms. The van der Waals surface area contributed by atoms with Crippen LogP contribution in [0, 0.1) is 11.3 Å². The highest BCUT2D eigenvalue weighted by Crippen LogP contribution is 2.18. The minimum absolute atomic E-state index is 0.0603. The molecule has 0 aromatic heterocycles. The van der Waals surface area contributed by atoms with Gasteiger partial charge in [0.1, 0.15) is 18.4 Å². The van der Waals surface area contributed by atoms with Crippen molar-refractivity contribution < 1.29 is 14.2 Å². The van der Waals surface area contributed by atoms with Gasteiger partial charge in [-0.25, -0.2) is 0 Å². The Bertz CT molecular complexity index is 435. The molecular weight excluding hydrogens is 242 g/mol. The highest BCUT2D eigenvalue weighted by molar-refractivity contribution is 5.42. The van der Waals surface area contributed by atoms with Crippen molar-refractivity contribution in [2.24, 2.45) is 0 Å². The summed E-state index contributed by atoms with van der Waals surface area (Å²) in [6, 6.07) is 9.32. The predicted molar refractivity (Wildman–Crippen MR) is 70.8 cm³/mol. The number of para-hydroxylation sites is 1. The van der Waals surface area contributed by atoms with Crippen molar-refractivity contribution in [3.05, 3.63) is 29.8 Å². The predicted octanol–water partition coefficient (Wildman–Crippen LogP) is 2.87. The molecule has 4 heteroatoms. The molecule has 102 valence electrons. The van der Waals surface area contributed by atoms with Gasteiger partial charge in [-0.1, -0.05) is 12.1 Å². The summed E-state index contributed by atoms with van der Waals surface area (Å²) in [5.41, 5.74) is 0.545. The van der Waals surface area contributed by atoms with Crippen LogP contribution in [-0.4, -0.2) is 25.6 Å². The molecule has 19 heavy (non-hydrogen) atoms. The second-order valence-electron chi connectivity index (χ2n) is 4.66. The van der Waals surface area contributed by atoms with Crippen LogP contribution in [0.4, 0.5) is 0 Å². The quantitative estimate of drug-likeness (QED) is 0.817. The largest absolute Gasteiger partial charge is 0.490 e. The molecular formula is C15H19NO3. The number of ether oxygens (including phenoxy) is 3. The van der Waals surface area contributed by atoms with E-state index < -0.39 is 0 Å². The molecule has 0 amide bonds. The first kappa shape index (κ1) is 13.9. The van der Waals surface area contributed by atoms with E-state index in [1.54, 1.807) is 12.1 Å². The van der Waals surface area contributed by atoms with Gasteiger partial charge in [0.05, 0.1) is 11.7 Å². The van der Waals surface area contributed by atoms with Crippen molar-refractivity contribution in [3.8, 4) is 11.8 Å². The minimum Gasteiger partial charge on any atom is -0.490 e. The molecule has 0 aliphatic carbocycles. The van der Waals surface area contributed by atoms with Crippen LogP contribution in [0.15, 0.2) is 24.3 Å². The first-order valence-electron chi connectivity index (χ1n) is 6.68. The molecule has 1 aromatic rings. The number of hydrogen-bond acceptors (Lipinski definition) is 4. The maximum atomic E-state index is 8.96. The summed E-state index contributed by atoms with van der Waals surface area (Å²) in [5.74, 6) is 0.602. The van der Waals surface area contributed by atoms with Crippen molar-refractivity contribution in [2.75, 3.05) is 13.2 Å². The van der Waals surface area contributed by atoms with Gasteiger partial charge in [0, 0.05) is 6.61 Å². The molecule has 1 aliphatic rings. The molecule has 1 saturated heterocycles. The van der Waals surface area contributed by atoms with E-state index in [2.05, 4.69) is 6.07 Å². The van der Waals surface area contributed by atoms with Crippen LogP contribution < -0.4 is 4.74 Å². The maximum absolute atomic E-state index is 8.96. The Morgan fingerprint density at radius 1 is 1.42 bits per heavy atom. The lowest BCUT2D eigenvalue weighted by Gasteiger charge is -2.26. The molecule has 1 fully saturated rings. The summed E-state index contributed by atoms with van der Waals surface area (Å²) < 4.78 is 16.9. The summed E-state index contributed by atoms with van der Waals surface area (Å²) in [5, 5.41) is 8.96. The zero-order valence-electron chi connectivity index (χ0n) is 11.2. The van der Waals surface area contributed by atoms with E-state index in [9.17, 15) is 0 Å². The number of nitriles is 1. The van der Waals surface area contributed by atoms with E-state index in [-0.39, 0.29) is 12.4 Å². The zero-order valence-corrected chi connectivity index (χ0v) is 11.2. The lowest BCUT2D eigenvalue weighted by molar-refractivity contribution is -0.189. The van der Waals surface area contributed by atoms with Gasteiger partial charge >= 0.3 is 0 Å². The SMILES string of the molecule is C[C@@H](COc1ccccc1C#N)OC1CCCCO1. The topological polar surface area (TPSA) is 51.5 Å². The van der Waals surface area contributed by atoms with Crippen LogP contribution in [-0.2, 0) is 9.47 Å². The maximum Gasteiger partial charge on any atom is 0.158 e. The first-order chi connectivity index (χ1) is 9.29. The molecule has 1 heterocycles. The van der Waals surface area contributed by atoms with Gasteiger partial charge in [-0.15, -0.1) is 0 Å². The summed E-state index contributed by atoms with van der Waals surface area (Å²) in [4.78, 5) is 0. The number of benzene rings is 1. The van der Waals surface area contributed by atoms with Crippen molar-refractivity contribution in [1.29, 1.82) is 5.26 Å². The number of rotatable bonds is 5. The van der Waals surface area contributed by atoms with Crippen LogP contribution in [0.5, 0.6) is 5.75 Å². The van der Waals surface area contributed by atoms with Crippen LogP contribution in [0.3, 0.4) is 0 Å². The van der Waals surface area contributed by atoms with E-state index >= 15 is 0 Å². The Morgan fingerprint density at radius 3 is 3.00 bits per heavy atom. The van der Waals surface area contributed by atoms with Crippen LogP contribution in [0.1, 0.15) is 31.7 Å². The third-order valence-electron chi connectivity index (χ3n) is 3.00. The molecule has 1 unspecified atom stereocenters. The smallest absolute Gasteiger partial charge is 0.158 e. The van der Waals surface area contributed by atoms with Crippen LogP contribution in [0.25, 0.3) is 0 Å². The lowest BCUT2D eigenvalue weighted by Crippen LogP contribution is -2.29. The molecule has 0 bridgehead atoms. The van der Waals surface area contributed by atoms with E-state index in [4.69, 9.17) is 19.5 Å². The zero-order chi connectivity index (χ0) is 13.5. The monoisotopic (exact) mass is 261 g/mol. The minimum atomic E-state index is -0.112. The van der Waals surface area contributed by atoms with Gasteiger partial charge in [-0.2, -0.15) is 5.26 Å². The molecule has 2 rings (SSSR count). The average molecular weight is 261 g/mol. The van der Waals surface area contributed by atoms with Gasteiger partial charge in [0.2, 0.25) is 0 Å². The van der Waals surface area contributed by atoms with Gasteiger partial charge < -0.3 is 14.2 Å². The van der Waals surface area contributed by atoms with E-state index in [1.165, 1.54) is 0 Å². The summed E-state index contributed by atoms with van der Waals surface area (Å²) >= 11 is 0. The van der Waals surface area contributed by atoms with Crippen molar-refractivity contribution in [3.63, 3.8) is 0 Å². The Morgan fingerprint density at radius 2 is 2.26 bits per heavy atom. The van der Waals surface area contributed by atoms with Gasteiger partial charge in [0.25, 0.3) is 0 Å².